The lowest BCUT2D eigenvalue weighted by atomic mass is 10.1. The van der Waals surface area contributed by atoms with Crippen LogP contribution in [0, 0.1) is 0 Å². The van der Waals surface area contributed by atoms with Gasteiger partial charge in [0.1, 0.15) is 6.54 Å². The lowest BCUT2D eigenvalue weighted by Gasteiger charge is -2.34. The molecule has 0 aliphatic carbocycles. The number of benzene rings is 2. The fourth-order valence-corrected chi connectivity index (χ4v) is 3.11. The quantitative estimate of drug-likeness (QED) is 0.769. The van der Waals surface area contributed by atoms with Crippen LogP contribution in [0.5, 0.6) is 0 Å². The predicted molar refractivity (Wildman–Crippen MR) is 108 cm³/mol. The molecule has 0 spiro atoms. The molecular weight excluding hydrogens is 396 g/mol. The van der Waals surface area contributed by atoms with E-state index < -0.39 is 5.91 Å². The fraction of sp³-hybridized carbons (Fsp3) is 0.200. The second kappa shape index (κ2) is 8.74. The van der Waals surface area contributed by atoms with Crippen LogP contribution in [-0.4, -0.2) is 59.6 Å². The molecular formula is C20H19ClN4O4. The topological polar surface area (TPSA) is 113 Å². The summed E-state index contributed by atoms with van der Waals surface area (Å²) >= 11 is 5.84. The highest BCUT2D eigenvalue weighted by Gasteiger charge is 2.29. The number of rotatable bonds is 5. The Morgan fingerprint density at radius 1 is 1.03 bits per heavy atom. The second-order valence-corrected chi connectivity index (χ2v) is 6.95. The average molecular weight is 415 g/mol. The van der Waals surface area contributed by atoms with Gasteiger partial charge in [0.25, 0.3) is 11.8 Å². The van der Waals surface area contributed by atoms with Gasteiger partial charge in [-0.2, -0.15) is 0 Å². The van der Waals surface area contributed by atoms with Crippen molar-refractivity contribution in [3.05, 3.63) is 64.7 Å². The maximum absolute atomic E-state index is 13.0. The van der Waals surface area contributed by atoms with Crippen molar-refractivity contribution in [3.8, 4) is 0 Å². The van der Waals surface area contributed by atoms with Crippen LogP contribution in [0.4, 0.5) is 5.69 Å². The Bertz CT molecular complexity index is 961. The Kier molecular flexibility index (Phi) is 6.13. The Morgan fingerprint density at radius 2 is 1.72 bits per heavy atom. The molecule has 3 rings (SSSR count). The summed E-state index contributed by atoms with van der Waals surface area (Å²) in [5, 5.41) is 3.24. The highest BCUT2D eigenvalue weighted by Crippen LogP contribution is 2.20. The molecule has 9 heteroatoms. The van der Waals surface area contributed by atoms with E-state index in [1.165, 1.54) is 9.80 Å². The number of hydrogen-bond donors (Lipinski definition) is 2. The first kappa shape index (κ1) is 20.3. The second-order valence-electron chi connectivity index (χ2n) is 6.51. The minimum Gasteiger partial charge on any atom is -0.368 e. The minimum atomic E-state index is -0.603. The number of para-hydroxylation sites is 1. The number of primary amides is 1. The van der Waals surface area contributed by atoms with E-state index in [0.717, 1.165) is 0 Å². The number of nitrogens with zero attached hydrogens (tertiary/aromatic N) is 2. The van der Waals surface area contributed by atoms with Crippen LogP contribution in [0.1, 0.15) is 20.7 Å². The molecule has 1 heterocycles. The third-order valence-electron chi connectivity index (χ3n) is 4.46. The number of carbonyl (C=O) groups excluding carboxylic acids is 4. The molecule has 2 aromatic carbocycles. The largest absolute Gasteiger partial charge is 0.368 e. The van der Waals surface area contributed by atoms with Crippen molar-refractivity contribution in [2.45, 2.75) is 0 Å². The van der Waals surface area contributed by atoms with Crippen LogP contribution >= 0.6 is 11.6 Å². The van der Waals surface area contributed by atoms with Gasteiger partial charge >= 0.3 is 0 Å². The summed E-state index contributed by atoms with van der Waals surface area (Å²) in [5.41, 5.74) is 6.13. The van der Waals surface area contributed by atoms with Gasteiger partial charge in [0.05, 0.1) is 17.8 Å². The normalized spacial score (nSPS) is 13.9. The molecule has 0 bridgehead atoms. The molecule has 4 amide bonds. The van der Waals surface area contributed by atoms with Gasteiger partial charge in [0.15, 0.2) is 0 Å². The third-order valence-corrected chi connectivity index (χ3v) is 4.72. The lowest BCUT2D eigenvalue weighted by molar-refractivity contribution is -0.138. The number of amides is 4. The summed E-state index contributed by atoms with van der Waals surface area (Å²) in [6.45, 7) is 0.143. The summed E-state index contributed by atoms with van der Waals surface area (Å²) in [4.78, 5) is 51.4. The number of anilines is 1. The van der Waals surface area contributed by atoms with E-state index in [1.54, 1.807) is 48.5 Å². The Morgan fingerprint density at radius 3 is 2.38 bits per heavy atom. The maximum Gasteiger partial charge on any atom is 0.256 e. The smallest absolute Gasteiger partial charge is 0.256 e. The molecule has 1 saturated heterocycles. The molecule has 0 unspecified atom stereocenters. The van der Waals surface area contributed by atoms with E-state index in [2.05, 4.69) is 5.32 Å². The van der Waals surface area contributed by atoms with Crippen LogP contribution in [-0.2, 0) is 9.59 Å². The summed E-state index contributed by atoms with van der Waals surface area (Å²) in [6, 6.07) is 12.9. The molecule has 0 radical (unpaired) electrons. The van der Waals surface area contributed by atoms with Crippen molar-refractivity contribution in [1.82, 2.24) is 9.80 Å². The number of nitrogens with two attached hydrogens (primary N) is 1. The predicted octanol–water partition coefficient (Wildman–Crippen LogP) is 1.36. The van der Waals surface area contributed by atoms with E-state index >= 15 is 0 Å². The molecule has 29 heavy (non-hydrogen) atoms. The van der Waals surface area contributed by atoms with Crippen molar-refractivity contribution < 1.29 is 19.2 Å². The van der Waals surface area contributed by atoms with Crippen LogP contribution in [0.25, 0.3) is 0 Å². The summed E-state index contributed by atoms with van der Waals surface area (Å²) < 4.78 is 0. The molecule has 0 atom stereocenters. The molecule has 0 saturated carbocycles. The summed E-state index contributed by atoms with van der Waals surface area (Å²) in [7, 11) is 0. The van der Waals surface area contributed by atoms with Crippen LogP contribution < -0.4 is 11.1 Å². The van der Waals surface area contributed by atoms with E-state index in [9.17, 15) is 19.2 Å². The maximum atomic E-state index is 13.0. The van der Waals surface area contributed by atoms with Gasteiger partial charge < -0.3 is 20.9 Å². The van der Waals surface area contributed by atoms with Crippen molar-refractivity contribution in [2.75, 3.05) is 31.5 Å². The average Bonchev–Trinajstić information content (AvgIpc) is 2.69. The number of carbonyl (C=O) groups is 4. The van der Waals surface area contributed by atoms with Gasteiger partial charge in [0, 0.05) is 23.7 Å². The SMILES string of the molecule is NC(=O)CN1CCN(C(=O)c2ccccc2NC(=O)c2ccc(Cl)cc2)CC1=O. The highest BCUT2D eigenvalue weighted by atomic mass is 35.5. The molecule has 0 aromatic heterocycles. The summed E-state index contributed by atoms with van der Waals surface area (Å²) in [5.74, 6) is -1.73. The standard InChI is InChI=1S/C20H19ClN4O4/c21-14-7-5-13(6-8-14)19(28)23-16-4-2-1-3-15(16)20(29)25-10-9-24(11-17(22)26)18(27)12-25/h1-8H,9-12H2,(H2,22,26)(H,23,28). The number of halogens is 1. The Balaban J connectivity index is 1.74. The zero-order valence-corrected chi connectivity index (χ0v) is 16.2. The van der Waals surface area contributed by atoms with Crippen LogP contribution in [0.2, 0.25) is 5.02 Å². The number of hydrogen-bond acceptors (Lipinski definition) is 4. The number of piperazine rings is 1. The van der Waals surface area contributed by atoms with Gasteiger partial charge in [-0.25, -0.2) is 0 Å². The monoisotopic (exact) mass is 414 g/mol. The highest BCUT2D eigenvalue weighted by molar-refractivity contribution is 6.30. The van der Waals surface area contributed by atoms with E-state index in [-0.39, 0.29) is 49.5 Å². The molecule has 2 aromatic rings. The fourth-order valence-electron chi connectivity index (χ4n) is 2.98. The van der Waals surface area contributed by atoms with Crippen LogP contribution in [0.3, 0.4) is 0 Å². The van der Waals surface area contributed by atoms with Gasteiger partial charge in [-0.1, -0.05) is 23.7 Å². The molecule has 3 N–H and O–H groups in total. The van der Waals surface area contributed by atoms with Gasteiger partial charge in [-0.05, 0) is 36.4 Å². The zero-order chi connectivity index (χ0) is 21.0. The van der Waals surface area contributed by atoms with Gasteiger partial charge in [-0.15, -0.1) is 0 Å². The molecule has 1 aliphatic heterocycles. The number of nitrogens with one attached hydrogen (secondary N) is 1. The first-order valence-electron chi connectivity index (χ1n) is 8.86. The molecule has 1 aliphatic rings. The molecule has 150 valence electrons. The van der Waals surface area contributed by atoms with Crippen molar-refractivity contribution >= 4 is 40.9 Å². The van der Waals surface area contributed by atoms with E-state index in [0.29, 0.717) is 16.3 Å². The van der Waals surface area contributed by atoms with Crippen molar-refractivity contribution in [1.29, 1.82) is 0 Å². The molecule has 1 fully saturated rings. The third kappa shape index (κ3) is 4.91. The van der Waals surface area contributed by atoms with Gasteiger partial charge in [0.2, 0.25) is 11.8 Å². The Labute approximate surface area is 172 Å². The van der Waals surface area contributed by atoms with Gasteiger partial charge in [-0.3, -0.25) is 19.2 Å². The van der Waals surface area contributed by atoms with E-state index in [4.69, 9.17) is 17.3 Å². The van der Waals surface area contributed by atoms with E-state index in [1.807, 2.05) is 0 Å². The first-order valence-corrected chi connectivity index (χ1v) is 9.24. The lowest BCUT2D eigenvalue weighted by Crippen LogP contribution is -2.54. The van der Waals surface area contributed by atoms with Crippen LogP contribution in [0.15, 0.2) is 48.5 Å². The van der Waals surface area contributed by atoms with Crippen molar-refractivity contribution in [2.24, 2.45) is 5.73 Å². The summed E-state index contributed by atoms with van der Waals surface area (Å²) in [6.07, 6.45) is 0. The molecule has 8 nitrogen and oxygen atoms in total. The van der Waals surface area contributed by atoms with Crippen molar-refractivity contribution in [3.63, 3.8) is 0 Å². The Hall–Kier alpha value is -3.39. The first-order chi connectivity index (χ1) is 13.8. The zero-order valence-electron chi connectivity index (χ0n) is 15.4. The minimum absolute atomic E-state index is 0.161.